The Kier molecular flexibility index (Phi) is 4.24. The van der Waals surface area contributed by atoms with E-state index in [1.165, 1.54) is 0 Å². The molecule has 1 heterocycles. The Balaban J connectivity index is 2.68. The molecule has 0 spiro atoms. The molecule has 88 valence electrons. The minimum Gasteiger partial charge on any atom is -0.476 e. The minimum absolute atomic E-state index is 0.379. The second-order valence-electron chi connectivity index (χ2n) is 2.98. The van der Waals surface area contributed by atoms with E-state index >= 15 is 0 Å². The summed E-state index contributed by atoms with van der Waals surface area (Å²) in [6.07, 6.45) is -0.470. The van der Waals surface area contributed by atoms with Crippen molar-refractivity contribution in [2.24, 2.45) is 5.16 Å². The second-order valence-corrected chi connectivity index (χ2v) is 3.24. The van der Waals surface area contributed by atoms with E-state index in [-0.39, 0.29) is 5.91 Å². The quantitative estimate of drug-likeness (QED) is 0.285. The standard InChI is InChI=1S/C8H9ClN2O5/c9-3-4(12)6(8(14)15)11-16-5-1-2-10-7(5)13/h5H,1-3H2,(H,10,13)(H,14,15)/b11-6-/t5-/m0/s1. The fourth-order valence-corrected chi connectivity index (χ4v) is 1.19. The zero-order valence-electron chi connectivity index (χ0n) is 8.10. The predicted molar refractivity (Wildman–Crippen MR) is 53.3 cm³/mol. The van der Waals surface area contributed by atoms with Gasteiger partial charge < -0.3 is 15.3 Å². The van der Waals surface area contributed by atoms with Gasteiger partial charge >= 0.3 is 5.97 Å². The van der Waals surface area contributed by atoms with Gasteiger partial charge in [0.25, 0.3) is 5.91 Å². The summed E-state index contributed by atoms with van der Waals surface area (Å²) in [5.74, 6) is -3.30. The summed E-state index contributed by atoms with van der Waals surface area (Å²) in [5, 5.41) is 14.2. The number of nitrogens with one attached hydrogen (secondary N) is 1. The summed E-state index contributed by atoms with van der Waals surface area (Å²) in [5.41, 5.74) is -0.810. The van der Waals surface area contributed by atoms with Crippen LogP contribution in [0.1, 0.15) is 6.42 Å². The van der Waals surface area contributed by atoms with Crippen molar-refractivity contribution >= 4 is 35.0 Å². The number of halogens is 1. The van der Waals surface area contributed by atoms with Crippen LogP contribution in [-0.2, 0) is 19.2 Å². The number of hydrogen-bond acceptors (Lipinski definition) is 5. The minimum atomic E-state index is -1.54. The van der Waals surface area contributed by atoms with Crippen LogP contribution in [0.15, 0.2) is 5.16 Å². The van der Waals surface area contributed by atoms with Gasteiger partial charge in [0.15, 0.2) is 0 Å². The van der Waals surface area contributed by atoms with E-state index in [2.05, 4.69) is 15.3 Å². The van der Waals surface area contributed by atoms with Crippen LogP contribution in [0.25, 0.3) is 0 Å². The highest BCUT2D eigenvalue weighted by Crippen LogP contribution is 2.05. The Morgan fingerprint density at radius 2 is 2.31 bits per heavy atom. The molecule has 0 aliphatic carbocycles. The summed E-state index contributed by atoms with van der Waals surface area (Å²) in [6, 6.07) is 0. The van der Waals surface area contributed by atoms with Gasteiger partial charge in [0.1, 0.15) is 0 Å². The van der Waals surface area contributed by atoms with Gasteiger partial charge in [-0.1, -0.05) is 5.16 Å². The molecule has 1 atom stereocenters. The monoisotopic (exact) mass is 248 g/mol. The van der Waals surface area contributed by atoms with Crippen molar-refractivity contribution in [3.05, 3.63) is 0 Å². The number of aliphatic carboxylic acids is 1. The first kappa shape index (κ1) is 12.4. The molecule has 2 N–H and O–H groups in total. The molecule has 0 unspecified atom stereocenters. The number of Topliss-reactive ketones (excluding diaryl/α,β-unsaturated/α-hetero) is 1. The molecule has 1 saturated heterocycles. The number of carbonyl (C=O) groups excluding carboxylic acids is 2. The van der Waals surface area contributed by atoms with Crippen LogP contribution in [0.5, 0.6) is 0 Å². The number of ketones is 1. The fraction of sp³-hybridized carbons (Fsp3) is 0.500. The number of amides is 1. The number of carboxylic acids is 1. The van der Waals surface area contributed by atoms with Gasteiger partial charge in [0.05, 0.1) is 5.88 Å². The smallest absolute Gasteiger partial charge is 0.361 e. The Bertz CT molecular complexity index is 354. The van der Waals surface area contributed by atoms with Crippen LogP contribution in [0, 0.1) is 0 Å². The van der Waals surface area contributed by atoms with E-state index in [1.54, 1.807) is 0 Å². The highest BCUT2D eigenvalue weighted by atomic mass is 35.5. The van der Waals surface area contributed by atoms with E-state index < -0.39 is 29.4 Å². The predicted octanol–water partition coefficient (Wildman–Crippen LogP) is -0.860. The van der Waals surface area contributed by atoms with E-state index in [0.29, 0.717) is 13.0 Å². The van der Waals surface area contributed by atoms with Crippen LogP contribution in [0.2, 0.25) is 0 Å². The SMILES string of the molecule is O=C(O)/C(=N\O[C@H]1CCNC1=O)C(=O)CCl. The highest BCUT2D eigenvalue weighted by molar-refractivity contribution is 6.67. The first-order chi connectivity index (χ1) is 7.56. The molecule has 0 aromatic rings. The molecular formula is C8H9ClN2O5. The van der Waals surface area contributed by atoms with Crippen LogP contribution < -0.4 is 5.32 Å². The van der Waals surface area contributed by atoms with Gasteiger partial charge in [-0.15, -0.1) is 11.6 Å². The Labute approximate surface area is 95.4 Å². The van der Waals surface area contributed by atoms with Crippen molar-refractivity contribution < 1.29 is 24.3 Å². The molecule has 1 amide bonds. The van der Waals surface area contributed by atoms with Crippen molar-refractivity contribution in [3.63, 3.8) is 0 Å². The summed E-state index contributed by atoms with van der Waals surface area (Å²) in [6.45, 7) is 0.435. The molecule has 7 nitrogen and oxygen atoms in total. The lowest BCUT2D eigenvalue weighted by Gasteiger charge is -2.04. The van der Waals surface area contributed by atoms with Gasteiger partial charge in [0, 0.05) is 13.0 Å². The first-order valence-electron chi connectivity index (χ1n) is 4.40. The molecule has 0 saturated carbocycles. The van der Waals surface area contributed by atoms with Crippen LogP contribution in [-0.4, -0.2) is 47.0 Å². The van der Waals surface area contributed by atoms with Crippen molar-refractivity contribution in [1.82, 2.24) is 5.32 Å². The summed E-state index contributed by atoms with van der Waals surface area (Å²) < 4.78 is 0. The van der Waals surface area contributed by atoms with Gasteiger partial charge in [-0.25, -0.2) is 4.79 Å². The van der Waals surface area contributed by atoms with Gasteiger partial charge in [0.2, 0.25) is 17.6 Å². The van der Waals surface area contributed by atoms with Gasteiger partial charge in [-0.2, -0.15) is 0 Å². The van der Waals surface area contributed by atoms with Gasteiger partial charge in [-0.3, -0.25) is 9.59 Å². The van der Waals surface area contributed by atoms with Crippen molar-refractivity contribution in [2.45, 2.75) is 12.5 Å². The first-order valence-corrected chi connectivity index (χ1v) is 4.93. The summed E-state index contributed by atoms with van der Waals surface area (Å²) in [4.78, 5) is 37.3. The molecule has 0 aromatic carbocycles. The van der Waals surface area contributed by atoms with Crippen LogP contribution in [0.3, 0.4) is 0 Å². The summed E-state index contributed by atoms with van der Waals surface area (Å²) >= 11 is 5.19. The van der Waals surface area contributed by atoms with Crippen molar-refractivity contribution in [3.8, 4) is 0 Å². The molecule has 0 bridgehead atoms. The van der Waals surface area contributed by atoms with Crippen LogP contribution >= 0.6 is 11.6 Å². The van der Waals surface area contributed by atoms with E-state index in [9.17, 15) is 14.4 Å². The molecule has 1 fully saturated rings. The Morgan fingerprint density at radius 3 is 2.75 bits per heavy atom. The molecule has 0 radical (unpaired) electrons. The second kappa shape index (κ2) is 5.45. The zero-order chi connectivity index (χ0) is 12.1. The average molecular weight is 249 g/mol. The third-order valence-electron chi connectivity index (χ3n) is 1.86. The topological polar surface area (TPSA) is 105 Å². The number of rotatable bonds is 5. The maximum Gasteiger partial charge on any atom is 0.361 e. The Hall–Kier alpha value is -1.63. The molecule has 1 aliphatic heterocycles. The number of hydrogen-bond donors (Lipinski definition) is 2. The van der Waals surface area contributed by atoms with E-state index in [0.717, 1.165) is 0 Å². The highest BCUT2D eigenvalue weighted by Gasteiger charge is 2.27. The largest absolute Gasteiger partial charge is 0.476 e. The molecule has 1 aliphatic rings. The maximum absolute atomic E-state index is 11.0. The average Bonchev–Trinajstić information content (AvgIpc) is 2.64. The number of oxime groups is 1. The molecular weight excluding hydrogens is 240 g/mol. The number of nitrogens with zero attached hydrogens (tertiary/aromatic N) is 1. The normalized spacial score (nSPS) is 20.4. The third-order valence-corrected chi connectivity index (χ3v) is 2.10. The molecule has 1 rings (SSSR count). The van der Waals surface area contributed by atoms with E-state index in [1.807, 2.05) is 0 Å². The maximum atomic E-state index is 11.0. The fourth-order valence-electron chi connectivity index (χ4n) is 1.06. The lowest BCUT2D eigenvalue weighted by atomic mass is 10.3. The number of alkyl halides is 1. The molecule has 0 aromatic heterocycles. The molecule has 8 heteroatoms. The van der Waals surface area contributed by atoms with Gasteiger partial charge in [-0.05, 0) is 0 Å². The van der Waals surface area contributed by atoms with Crippen LogP contribution in [0.4, 0.5) is 0 Å². The molecule has 16 heavy (non-hydrogen) atoms. The van der Waals surface area contributed by atoms with Crippen molar-refractivity contribution in [1.29, 1.82) is 0 Å². The van der Waals surface area contributed by atoms with E-state index in [4.69, 9.17) is 16.7 Å². The zero-order valence-corrected chi connectivity index (χ0v) is 8.86. The lowest BCUT2D eigenvalue weighted by Crippen LogP contribution is -2.28. The number of carboxylic acid groups (broad SMARTS) is 1. The lowest BCUT2D eigenvalue weighted by molar-refractivity contribution is -0.132. The third kappa shape index (κ3) is 2.93. The Morgan fingerprint density at radius 1 is 1.62 bits per heavy atom. The number of carbonyl (C=O) groups is 3. The van der Waals surface area contributed by atoms with Crippen molar-refractivity contribution in [2.75, 3.05) is 12.4 Å². The summed E-state index contributed by atoms with van der Waals surface area (Å²) in [7, 11) is 0.